The van der Waals surface area contributed by atoms with Gasteiger partial charge >= 0.3 is 0 Å². The molecular weight excluding hydrogens is 412 g/mol. The van der Waals surface area contributed by atoms with Crippen molar-refractivity contribution in [2.75, 3.05) is 19.7 Å². The lowest BCUT2D eigenvalue weighted by atomic mass is 10.0. The van der Waals surface area contributed by atoms with E-state index in [9.17, 15) is 9.59 Å². The summed E-state index contributed by atoms with van der Waals surface area (Å²) in [6.07, 6.45) is 3.96. The molecule has 1 fully saturated rings. The first-order valence-electron chi connectivity index (χ1n) is 11.0. The standard InChI is InChI=1S/C25H31ClN2O3/c1-19-5-2-3-6-23(19)31-18-4-7-24(29)27-22-14-16-28(17-15-22)25(30)13-10-20-8-11-21(26)12-9-20/h2-3,5-6,8-9,11-12,22H,4,7,10,13-18H2,1H3,(H,27,29). The first kappa shape index (κ1) is 23.1. The predicted molar refractivity (Wildman–Crippen MR) is 123 cm³/mol. The molecule has 1 heterocycles. The summed E-state index contributed by atoms with van der Waals surface area (Å²) in [4.78, 5) is 26.6. The van der Waals surface area contributed by atoms with Gasteiger partial charge in [-0.1, -0.05) is 41.9 Å². The van der Waals surface area contributed by atoms with Gasteiger partial charge in [0.25, 0.3) is 0 Å². The topological polar surface area (TPSA) is 58.6 Å². The SMILES string of the molecule is Cc1ccccc1OCCCC(=O)NC1CCN(C(=O)CCc2ccc(Cl)cc2)CC1. The summed E-state index contributed by atoms with van der Waals surface area (Å²) in [6, 6.07) is 15.7. The maximum Gasteiger partial charge on any atom is 0.222 e. The number of aryl methyl sites for hydroxylation is 2. The molecule has 31 heavy (non-hydrogen) atoms. The van der Waals surface area contributed by atoms with Crippen LogP contribution in [0.15, 0.2) is 48.5 Å². The lowest BCUT2D eigenvalue weighted by molar-refractivity contribution is -0.132. The molecular formula is C25H31ClN2O3. The second kappa shape index (κ2) is 11.8. The lowest BCUT2D eigenvalue weighted by Gasteiger charge is -2.32. The fraction of sp³-hybridized carbons (Fsp3) is 0.440. The van der Waals surface area contributed by atoms with Crippen molar-refractivity contribution < 1.29 is 14.3 Å². The van der Waals surface area contributed by atoms with E-state index in [1.54, 1.807) is 0 Å². The largest absolute Gasteiger partial charge is 0.493 e. The van der Waals surface area contributed by atoms with E-state index in [-0.39, 0.29) is 17.9 Å². The Morgan fingerprint density at radius 2 is 1.77 bits per heavy atom. The van der Waals surface area contributed by atoms with Crippen LogP contribution in [-0.2, 0) is 16.0 Å². The Hall–Kier alpha value is -2.53. The Labute approximate surface area is 189 Å². The van der Waals surface area contributed by atoms with E-state index in [2.05, 4.69) is 5.32 Å². The highest BCUT2D eigenvalue weighted by molar-refractivity contribution is 6.30. The van der Waals surface area contributed by atoms with Crippen LogP contribution in [0.2, 0.25) is 5.02 Å². The molecule has 5 nitrogen and oxygen atoms in total. The van der Waals surface area contributed by atoms with Crippen LogP contribution in [-0.4, -0.2) is 42.5 Å². The molecule has 0 aromatic heterocycles. The third-order valence-corrected chi connectivity index (χ3v) is 5.90. The van der Waals surface area contributed by atoms with Crippen LogP contribution >= 0.6 is 11.6 Å². The zero-order valence-corrected chi connectivity index (χ0v) is 18.9. The highest BCUT2D eigenvalue weighted by atomic mass is 35.5. The van der Waals surface area contributed by atoms with Crippen molar-refractivity contribution in [1.82, 2.24) is 10.2 Å². The van der Waals surface area contributed by atoms with Crippen molar-refractivity contribution in [2.45, 2.75) is 51.5 Å². The van der Waals surface area contributed by atoms with E-state index in [0.717, 1.165) is 36.1 Å². The summed E-state index contributed by atoms with van der Waals surface area (Å²) in [5, 5.41) is 3.81. The number of rotatable bonds is 9. The van der Waals surface area contributed by atoms with Gasteiger partial charge in [-0.25, -0.2) is 0 Å². The van der Waals surface area contributed by atoms with E-state index in [0.29, 0.717) is 44.0 Å². The number of hydrogen-bond donors (Lipinski definition) is 1. The highest BCUT2D eigenvalue weighted by Gasteiger charge is 2.23. The first-order chi connectivity index (χ1) is 15.0. The van der Waals surface area contributed by atoms with E-state index in [4.69, 9.17) is 16.3 Å². The van der Waals surface area contributed by atoms with Gasteiger partial charge in [-0.3, -0.25) is 9.59 Å². The fourth-order valence-electron chi connectivity index (χ4n) is 3.77. The van der Waals surface area contributed by atoms with E-state index in [1.807, 2.05) is 60.4 Å². The molecule has 1 saturated heterocycles. The molecule has 0 saturated carbocycles. The lowest BCUT2D eigenvalue weighted by Crippen LogP contribution is -2.46. The molecule has 0 spiro atoms. The number of amides is 2. The number of hydrogen-bond acceptors (Lipinski definition) is 3. The molecule has 0 atom stereocenters. The summed E-state index contributed by atoms with van der Waals surface area (Å²) in [7, 11) is 0. The van der Waals surface area contributed by atoms with Gasteiger partial charge < -0.3 is 15.0 Å². The average molecular weight is 443 g/mol. The average Bonchev–Trinajstić information content (AvgIpc) is 2.78. The molecule has 2 aromatic rings. The van der Waals surface area contributed by atoms with Gasteiger partial charge in [-0.2, -0.15) is 0 Å². The van der Waals surface area contributed by atoms with Crippen LogP contribution < -0.4 is 10.1 Å². The maximum atomic E-state index is 12.5. The molecule has 0 unspecified atom stereocenters. The van der Waals surface area contributed by atoms with Crippen molar-refractivity contribution in [1.29, 1.82) is 0 Å². The predicted octanol–water partition coefficient (Wildman–Crippen LogP) is 4.55. The molecule has 1 aliphatic rings. The third-order valence-electron chi connectivity index (χ3n) is 5.65. The Balaban J connectivity index is 1.29. The first-order valence-corrected chi connectivity index (χ1v) is 11.4. The molecule has 1 N–H and O–H groups in total. The van der Waals surface area contributed by atoms with Crippen LogP contribution in [0.5, 0.6) is 5.75 Å². The van der Waals surface area contributed by atoms with Gasteiger partial charge in [-0.15, -0.1) is 0 Å². The van der Waals surface area contributed by atoms with Crippen LogP contribution in [0, 0.1) is 6.92 Å². The second-order valence-electron chi connectivity index (χ2n) is 8.07. The van der Waals surface area contributed by atoms with E-state index >= 15 is 0 Å². The van der Waals surface area contributed by atoms with Crippen LogP contribution in [0.4, 0.5) is 0 Å². The number of benzene rings is 2. The zero-order chi connectivity index (χ0) is 22.1. The molecule has 6 heteroatoms. The summed E-state index contributed by atoms with van der Waals surface area (Å²) >= 11 is 5.90. The number of piperidine rings is 1. The number of halogens is 1. The van der Waals surface area contributed by atoms with Crippen LogP contribution in [0.1, 0.15) is 43.2 Å². The summed E-state index contributed by atoms with van der Waals surface area (Å²) in [6.45, 7) is 3.93. The summed E-state index contributed by atoms with van der Waals surface area (Å²) < 4.78 is 5.75. The third kappa shape index (κ3) is 7.59. The van der Waals surface area contributed by atoms with Gasteiger partial charge in [0.2, 0.25) is 11.8 Å². The van der Waals surface area contributed by atoms with Crippen molar-refractivity contribution in [3.63, 3.8) is 0 Å². The quantitative estimate of drug-likeness (QED) is 0.579. The zero-order valence-electron chi connectivity index (χ0n) is 18.1. The summed E-state index contributed by atoms with van der Waals surface area (Å²) in [5.41, 5.74) is 2.22. The molecule has 2 aromatic carbocycles. The van der Waals surface area contributed by atoms with Crippen molar-refractivity contribution in [3.05, 3.63) is 64.7 Å². The van der Waals surface area contributed by atoms with Gasteiger partial charge in [0.15, 0.2) is 0 Å². The van der Waals surface area contributed by atoms with Crippen LogP contribution in [0.3, 0.4) is 0 Å². The highest BCUT2D eigenvalue weighted by Crippen LogP contribution is 2.17. The molecule has 0 radical (unpaired) electrons. The summed E-state index contributed by atoms with van der Waals surface area (Å²) in [5.74, 6) is 1.10. The number of carbonyl (C=O) groups is 2. The van der Waals surface area contributed by atoms with Gasteiger partial charge in [0, 0.05) is 37.0 Å². The smallest absolute Gasteiger partial charge is 0.222 e. The van der Waals surface area contributed by atoms with Gasteiger partial charge in [-0.05, 0) is 61.9 Å². The molecule has 2 amide bonds. The minimum atomic E-state index is 0.0564. The van der Waals surface area contributed by atoms with E-state index in [1.165, 1.54) is 0 Å². The second-order valence-corrected chi connectivity index (χ2v) is 8.50. The normalized spacial score (nSPS) is 14.3. The Bertz CT molecular complexity index is 861. The fourth-order valence-corrected chi connectivity index (χ4v) is 3.89. The Kier molecular flexibility index (Phi) is 8.77. The number of nitrogens with zero attached hydrogens (tertiary/aromatic N) is 1. The number of carbonyl (C=O) groups excluding carboxylic acids is 2. The number of ether oxygens (including phenoxy) is 1. The molecule has 1 aliphatic heterocycles. The maximum absolute atomic E-state index is 12.5. The molecule has 0 aliphatic carbocycles. The Morgan fingerprint density at radius 1 is 1.06 bits per heavy atom. The monoisotopic (exact) mass is 442 g/mol. The molecule has 0 bridgehead atoms. The van der Waals surface area contributed by atoms with Gasteiger partial charge in [0.05, 0.1) is 6.61 Å². The number of para-hydroxylation sites is 1. The Morgan fingerprint density at radius 3 is 2.48 bits per heavy atom. The van der Waals surface area contributed by atoms with Crippen molar-refractivity contribution in [2.24, 2.45) is 0 Å². The van der Waals surface area contributed by atoms with Gasteiger partial charge in [0.1, 0.15) is 5.75 Å². The van der Waals surface area contributed by atoms with Crippen molar-refractivity contribution >= 4 is 23.4 Å². The molecule has 3 rings (SSSR count). The van der Waals surface area contributed by atoms with E-state index < -0.39 is 0 Å². The molecule has 166 valence electrons. The minimum Gasteiger partial charge on any atom is -0.493 e. The number of likely N-dealkylation sites (tertiary alicyclic amines) is 1. The number of nitrogens with one attached hydrogen (secondary N) is 1. The van der Waals surface area contributed by atoms with Crippen molar-refractivity contribution in [3.8, 4) is 5.75 Å². The minimum absolute atomic E-state index is 0.0564. The van der Waals surface area contributed by atoms with Crippen LogP contribution in [0.25, 0.3) is 0 Å².